The SMILES string of the molecule is CC(C)(C)c1ccc2c(OS(=O)(=O)O)c(C(C)(C)C)ccc2c1OS(=O)(=O)O. The van der Waals surface area contributed by atoms with Gasteiger partial charge in [0.2, 0.25) is 0 Å². The second-order valence-electron chi connectivity index (χ2n) is 8.50. The van der Waals surface area contributed by atoms with Crippen molar-refractivity contribution in [2.45, 2.75) is 52.4 Å². The van der Waals surface area contributed by atoms with Crippen molar-refractivity contribution in [3.8, 4) is 11.5 Å². The first-order valence-electron chi connectivity index (χ1n) is 8.34. The maximum atomic E-state index is 11.4. The van der Waals surface area contributed by atoms with Gasteiger partial charge in [-0.2, -0.15) is 16.8 Å². The van der Waals surface area contributed by atoms with E-state index in [0.29, 0.717) is 11.1 Å². The van der Waals surface area contributed by atoms with Crippen LogP contribution in [-0.4, -0.2) is 25.9 Å². The molecule has 0 aliphatic heterocycles. The molecule has 156 valence electrons. The summed E-state index contributed by atoms with van der Waals surface area (Å²) < 4.78 is 73.9. The standard InChI is InChI=1S/C18H24O8S2/c1-17(2,3)13-9-7-12-11(15(13)25-27(19,20)21)8-10-14(18(4,5)6)16(12)26-28(22,23)24/h7-10H,1-6H3,(H,19,20,21)(H,22,23,24). The number of benzene rings is 2. The van der Waals surface area contributed by atoms with Crippen molar-refractivity contribution in [3.05, 3.63) is 35.4 Å². The van der Waals surface area contributed by atoms with Crippen LogP contribution in [0.1, 0.15) is 52.7 Å². The molecule has 0 amide bonds. The molecule has 0 aliphatic rings. The van der Waals surface area contributed by atoms with Gasteiger partial charge in [-0.15, -0.1) is 0 Å². The summed E-state index contributed by atoms with van der Waals surface area (Å²) >= 11 is 0. The van der Waals surface area contributed by atoms with E-state index in [4.69, 9.17) is 8.37 Å². The van der Waals surface area contributed by atoms with Crippen LogP contribution >= 0.6 is 0 Å². The first-order valence-corrected chi connectivity index (χ1v) is 11.1. The molecule has 2 aromatic carbocycles. The van der Waals surface area contributed by atoms with Gasteiger partial charge in [0.15, 0.2) is 11.5 Å². The van der Waals surface area contributed by atoms with Crippen LogP contribution in [-0.2, 0) is 31.6 Å². The molecule has 28 heavy (non-hydrogen) atoms. The second-order valence-corrected chi connectivity index (χ2v) is 10.5. The van der Waals surface area contributed by atoms with Crippen LogP contribution in [0, 0.1) is 0 Å². The lowest BCUT2D eigenvalue weighted by Crippen LogP contribution is -2.18. The zero-order chi connectivity index (χ0) is 21.7. The fourth-order valence-electron chi connectivity index (χ4n) is 2.92. The van der Waals surface area contributed by atoms with Crippen molar-refractivity contribution in [2.24, 2.45) is 0 Å². The highest BCUT2D eigenvalue weighted by Crippen LogP contribution is 2.44. The molecule has 0 heterocycles. The highest BCUT2D eigenvalue weighted by molar-refractivity contribution is 7.81. The Morgan fingerprint density at radius 2 is 0.929 bits per heavy atom. The molecule has 10 heteroatoms. The van der Waals surface area contributed by atoms with Gasteiger partial charge in [-0.1, -0.05) is 65.8 Å². The van der Waals surface area contributed by atoms with Crippen molar-refractivity contribution in [2.75, 3.05) is 0 Å². The number of fused-ring (bicyclic) bond motifs is 1. The lowest BCUT2D eigenvalue weighted by atomic mass is 9.82. The van der Waals surface area contributed by atoms with E-state index in [1.54, 1.807) is 24.3 Å². The van der Waals surface area contributed by atoms with E-state index in [0.717, 1.165) is 0 Å². The second kappa shape index (κ2) is 6.87. The molecular weight excluding hydrogens is 408 g/mol. The lowest BCUT2D eigenvalue weighted by Gasteiger charge is -2.26. The third kappa shape index (κ3) is 5.13. The molecule has 0 fully saturated rings. The molecule has 0 aliphatic carbocycles. The topological polar surface area (TPSA) is 127 Å². The summed E-state index contributed by atoms with van der Waals surface area (Å²) in [6, 6.07) is 6.24. The van der Waals surface area contributed by atoms with Crippen LogP contribution in [0.15, 0.2) is 24.3 Å². The van der Waals surface area contributed by atoms with Crippen molar-refractivity contribution in [1.82, 2.24) is 0 Å². The lowest BCUT2D eigenvalue weighted by molar-refractivity contribution is 0.379. The minimum atomic E-state index is -4.85. The largest absolute Gasteiger partial charge is 0.446 e. The van der Waals surface area contributed by atoms with Gasteiger partial charge < -0.3 is 8.37 Å². The summed E-state index contributed by atoms with van der Waals surface area (Å²) in [5.74, 6) is -0.290. The number of hydrogen-bond acceptors (Lipinski definition) is 6. The van der Waals surface area contributed by atoms with Gasteiger partial charge in [-0.25, -0.2) is 0 Å². The number of rotatable bonds is 4. The van der Waals surface area contributed by atoms with Crippen LogP contribution in [0.2, 0.25) is 0 Å². The molecule has 2 N–H and O–H groups in total. The molecule has 2 rings (SSSR count). The summed E-state index contributed by atoms with van der Waals surface area (Å²) in [7, 11) is -9.69. The Labute approximate surface area is 165 Å². The molecule has 0 saturated carbocycles. The van der Waals surface area contributed by atoms with Crippen LogP contribution < -0.4 is 8.37 Å². The zero-order valence-electron chi connectivity index (χ0n) is 16.5. The average Bonchev–Trinajstić information content (AvgIpc) is 2.42. The first-order chi connectivity index (χ1) is 12.4. The van der Waals surface area contributed by atoms with Crippen LogP contribution in [0.5, 0.6) is 11.5 Å². The predicted molar refractivity (Wildman–Crippen MR) is 106 cm³/mol. The Morgan fingerprint density at radius 1 is 0.643 bits per heavy atom. The maximum absolute atomic E-state index is 11.4. The van der Waals surface area contributed by atoms with Gasteiger partial charge in [-0.05, 0) is 10.8 Å². The minimum Gasteiger partial charge on any atom is -0.361 e. The smallest absolute Gasteiger partial charge is 0.361 e. The van der Waals surface area contributed by atoms with Gasteiger partial charge >= 0.3 is 20.8 Å². The zero-order valence-corrected chi connectivity index (χ0v) is 18.1. The molecule has 0 aromatic heterocycles. The van der Waals surface area contributed by atoms with Gasteiger partial charge in [0.05, 0.1) is 0 Å². The van der Waals surface area contributed by atoms with E-state index in [1.807, 2.05) is 41.5 Å². The average molecular weight is 433 g/mol. The minimum absolute atomic E-state index is 0.145. The van der Waals surface area contributed by atoms with E-state index in [-0.39, 0.29) is 22.3 Å². The molecule has 0 saturated heterocycles. The Balaban J connectivity index is 3.01. The predicted octanol–water partition coefficient (Wildman–Crippen LogP) is 3.80. The third-order valence-corrected chi connectivity index (χ3v) is 4.85. The van der Waals surface area contributed by atoms with Gasteiger partial charge in [0.25, 0.3) is 0 Å². The third-order valence-electron chi connectivity index (χ3n) is 4.10. The monoisotopic (exact) mass is 432 g/mol. The fraction of sp³-hybridized carbons (Fsp3) is 0.444. The summed E-state index contributed by atoms with van der Waals surface area (Å²) in [6.07, 6.45) is 0. The molecule has 0 bridgehead atoms. The Hall–Kier alpha value is -1.88. The molecule has 0 spiro atoms. The Morgan fingerprint density at radius 3 is 1.14 bits per heavy atom. The maximum Gasteiger partial charge on any atom is 0.446 e. The van der Waals surface area contributed by atoms with Gasteiger partial charge in [0.1, 0.15) is 0 Å². The van der Waals surface area contributed by atoms with Gasteiger partial charge in [-0.3, -0.25) is 9.11 Å². The molecule has 0 radical (unpaired) electrons. The summed E-state index contributed by atoms with van der Waals surface area (Å²) in [4.78, 5) is 0. The summed E-state index contributed by atoms with van der Waals surface area (Å²) in [6.45, 7) is 10.9. The fourth-order valence-corrected chi connectivity index (χ4v) is 3.70. The molecular formula is C18H24O8S2. The van der Waals surface area contributed by atoms with Crippen LogP contribution in [0.4, 0.5) is 0 Å². The summed E-state index contributed by atoms with van der Waals surface area (Å²) in [5, 5.41) is 0.411. The van der Waals surface area contributed by atoms with Crippen LogP contribution in [0.3, 0.4) is 0 Å². The molecule has 0 unspecified atom stereocenters. The van der Waals surface area contributed by atoms with Crippen molar-refractivity contribution >= 4 is 31.6 Å². The quantitative estimate of drug-likeness (QED) is 0.699. The molecule has 2 aromatic rings. The first kappa shape index (κ1) is 22.4. The number of hydrogen-bond donors (Lipinski definition) is 2. The van der Waals surface area contributed by atoms with E-state index in [1.165, 1.54) is 0 Å². The van der Waals surface area contributed by atoms with Crippen molar-refractivity contribution in [3.63, 3.8) is 0 Å². The van der Waals surface area contributed by atoms with E-state index in [9.17, 15) is 25.9 Å². The van der Waals surface area contributed by atoms with E-state index in [2.05, 4.69) is 0 Å². The highest BCUT2D eigenvalue weighted by atomic mass is 32.3. The summed E-state index contributed by atoms with van der Waals surface area (Å²) in [5.41, 5.74) is -0.167. The van der Waals surface area contributed by atoms with Crippen molar-refractivity contribution in [1.29, 1.82) is 0 Å². The van der Waals surface area contributed by atoms with Gasteiger partial charge in [0, 0.05) is 21.9 Å². The van der Waals surface area contributed by atoms with E-state index >= 15 is 0 Å². The Kier molecular flexibility index (Phi) is 5.50. The van der Waals surface area contributed by atoms with E-state index < -0.39 is 31.6 Å². The molecule has 0 atom stereocenters. The Bertz CT molecular complexity index is 1030. The highest BCUT2D eigenvalue weighted by Gasteiger charge is 2.29. The normalized spacial score (nSPS) is 13.6. The molecule has 8 nitrogen and oxygen atoms in total. The van der Waals surface area contributed by atoms with Crippen LogP contribution in [0.25, 0.3) is 10.8 Å². The van der Waals surface area contributed by atoms with Crippen molar-refractivity contribution < 1.29 is 34.3 Å².